The summed E-state index contributed by atoms with van der Waals surface area (Å²) in [5, 5.41) is 8.62. The molecule has 0 fully saturated rings. The second-order valence-electron chi connectivity index (χ2n) is 7.87. The highest BCUT2D eigenvalue weighted by Crippen LogP contribution is 2.38. The molecule has 164 valence electrons. The van der Waals surface area contributed by atoms with Crippen molar-refractivity contribution in [2.75, 3.05) is 12.4 Å². The number of amides is 1. The van der Waals surface area contributed by atoms with Gasteiger partial charge in [0.1, 0.15) is 11.3 Å². The number of rotatable bonds is 5. The molecule has 3 aromatic carbocycles. The minimum absolute atomic E-state index is 0.231. The van der Waals surface area contributed by atoms with E-state index in [1.54, 1.807) is 19.4 Å². The van der Waals surface area contributed by atoms with Gasteiger partial charge in [0.05, 0.1) is 19.1 Å². The molecule has 0 atom stereocenters. The van der Waals surface area contributed by atoms with E-state index in [0.29, 0.717) is 10.9 Å². The molecule has 5 aromatic rings. The Morgan fingerprint density at radius 3 is 2.70 bits per heavy atom. The first kappa shape index (κ1) is 21.0. The molecule has 0 unspecified atom stereocenters. The van der Waals surface area contributed by atoms with Crippen molar-refractivity contribution < 1.29 is 13.9 Å². The summed E-state index contributed by atoms with van der Waals surface area (Å²) in [5.74, 6) is 0.416. The van der Waals surface area contributed by atoms with Gasteiger partial charge in [0.25, 0.3) is 0 Å². The van der Waals surface area contributed by atoms with Crippen molar-refractivity contribution in [3.63, 3.8) is 0 Å². The van der Waals surface area contributed by atoms with Crippen LogP contribution in [0.2, 0.25) is 0 Å². The van der Waals surface area contributed by atoms with Gasteiger partial charge in [0.2, 0.25) is 5.91 Å². The Bertz CT molecular complexity index is 1530. The number of methoxy groups -OCH3 is 1. The first-order valence-corrected chi connectivity index (χ1v) is 11.4. The third-order valence-electron chi connectivity index (χ3n) is 5.58. The molecule has 1 N–H and O–H groups in total. The Labute approximate surface area is 195 Å². The minimum atomic E-state index is -0.231. The Morgan fingerprint density at radius 1 is 1.12 bits per heavy atom. The number of carbonyl (C=O) groups excluding carboxylic acids is 1. The van der Waals surface area contributed by atoms with Crippen LogP contribution >= 0.6 is 11.3 Å². The number of furan rings is 1. The third kappa shape index (κ3) is 4.13. The molecular weight excluding hydrogens is 432 g/mol. The van der Waals surface area contributed by atoms with Gasteiger partial charge in [0.15, 0.2) is 5.13 Å². The van der Waals surface area contributed by atoms with E-state index in [0.717, 1.165) is 38.9 Å². The van der Waals surface area contributed by atoms with Crippen LogP contribution in [-0.4, -0.2) is 18.0 Å². The Balaban J connectivity index is 1.55. The highest BCUT2D eigenvalue weighted by atomic mass is 32.1. The minimum Gasteiger partial charge on any atom is -0.496 e. The van der Waals surface area contributed by atoms with Crippen LogP contribution in [0, 0.1) is 6.92 Å². The molecule has 0 aliphatic heterocycles. The molecule has 6 heteroatoms. The Morgan fingerprint density at radius 2 is 1.94 bits per heavy atom. The molecule has 0 bridgehead atoms. The van der Waals surface area contributed by atoms with Gasteiger partial charge < -0.3 is 9.15 Å². The number of anilines is 1. The van der Waals surface area contributed by atoms with E-state index in [-0.39, 0.29) is 5.91 Å². The summed E-state index contributed by atoms with van der Waals surface area (Å²) in [5.41, 5.74) is 5.29. The molecule has 5 rings (SSSR count). The predicted octanol–water partition coefficient (Wildman–Crippen LogP) is 7.07. The largest absolute Gasteiger partial charge is 0.496 e. The van der Waals surface area contributed by atoms with Crippen molar-refractivity contribution in [2.45, 2.75) is 13.8 Å². The number of aryl methyl sites for hydroxylation is 1. The van der Waals surface area contributed by atoms with E-state index in [9.17, 15) is 4.79 Å². The maximum atomic E-state index is 12.6. The normalized spacial score (nSPS) is 11.8. The number of nitrogens with zero attached hydrogens (tertiary/aromatic N) is 1. The van der Waals surface area contributed by atoms with Crippen LogP contribution in [0.15, 0.2) is 76.7 Å². The van der Waals surface area contributed by atoms with E-state index < -0.39 is 0 Å². The lowest BCUT2D eigenvalue weighted by atomic mass is 9.97. The number of carbonyl (C=O) groups is 1. The van der Waals surface area contributed by atoms with E-state index in [4.69, 9.17) is 9.15 Å². The van der Waals surface area contributed by atoms with Gasteiger partial charge in [-0.2, -0.15) is 0 Å². The topological polar surface area (TPSA) is 64.4 Å². The lowest BCUT2D eigenvalue weighted by Gasteiger charge is -2.10. The van der Waals surface area contributed by atoms with Crippen LogP contribution in [-0.2, 0) is 4.79 Å². The summed E-state index contributed by atoms with van der Waals surface area (Å²) in [6.07, 6.45) is 3.34. The second-order valence-corrected chi connectivity index (χ2v) is 8.73. The molecule has 0 radical (unpaired) electrons. The number of nitrogens with one attached hydrogen (secondary N) is 1. The highest BCUT2D eigenvalue weighted by molar-refractivity contribution is 7.13. The zero-order chi connectivity index (χ0) is 22.9. The molecule has 0 spiro atoms. The summed E-state index contributed by atoms with van der Waals surface area (Å²) in [7, 11) is 1.61. The number of allylic oxidation sites excluding steroid dienone is 1. The lowest BCUT2D eigenvalue weighted by Crippen LogP contribution is -2.08. The quantitative estimate of drug-likeness (QED) is 0.289. The Hall–Kier alpha value is -3.90. The SMILES string of the molecule is COc1cc2occ(-c3ccc4ccccc4c3)c2cc1/C(C)=C/C(=O)Nc1nc(C)cs1. The molecule has 0 saturated heterocycles. The molecule has 1 amide bonds. The predicted molar refractivity (Wildman–Crippen MR) is 135 cm³/mol. The van der Waals surface area contributed by atoms with Crippen LogP contribution < -0.4 is 10.1 Å². The molecule has 2 aromatic heterocycles. The molecule has 0 aliphatic carbocycles. The average Bonchev–Trinajstić information content (AvgIpc) is 3.42. The van der Waals surface area contributed by atoms with Crippen LogP contribution in [0.25, 0.3) is 38.4 Å². The van der Waals surface area contributed by atoms with Gasteiger partial charge in [-0.1, -0.05) is 36.4 Å². The average molecular weight is 455 g/mol. The number of thiazole rings is 1. The molecule has 0 saturated carbocycles. The fraction of sp³-hybridized carbons (Fsp3) is 0.111. The van der Waals surface area contributed by atoms with E-state index in [1.165, 1.54) is 22.1 Å². The van der Waals surface area contributed by atoms with Crippen molar-refractivity contribution in [3.8, 4) is 16.9 Å². The molecular formula is C27H22N2O3S. The van der Waals surface area contributed by atoms with Crippen molar-refractivity contribution in [3.05, 3.63) is 83.6 Å². The van der Waals surface area contributed by atoms with Crippen LogP contribution in [0.3, 0.4) is 0 Å². The first-order chi connectivity index (χ1) is 16.0. The number of aromatic nitrogens is 1. The summed E-state index contributed by atoms with van der Waals surface area (Å²) < 4.78 is 11.5. The van der Waals surface area contributed by atoms with Gasteiger partial charge in [-0.15, -0.1) is 11.3 Å². The molecule has 0 aliphatic rings. The number of ether oxygens (including phenoxy) is 1. The zero-order valence-electron chi connectivity index (χ0n) is 18.5. The van der Waals surface area contributed by atoms with Crippen molar-refractivity contribution in [2.24, 2.45) is 0 Å². The number of hydrogen-bond donors (Lipinski definition) is 1. The smallest absolute Gasteiger partial charge is 0.250 e. The molecule has 33 heavy (non-hydrogen) atoms. The summed E-state index contributed by atoms with van der Waals surface area (Å²) >= 11 is 1.40. The highest BCUT2D eigenvalue weighted by Gasteiger charge is 2.15. The summed E-state index contributed by atoms with van der Waals surface area (Å²) in [6.45, 7) is 3.79. The number of hydrogen-bond acceptors (Lipinski definition) is 5. The zero-order valence-corrected chi connectivity index (χ0v) is 19.3. The standard InChI is InChI=1S/C27H22N2O3S/c1-16(10-26(30)29-27-28-17(2)15-33-27)21-12-22-23(14-32-25(22)13-24(21)31-3)20-9-8-18-6-4-5-7-19(18)11-20/h4-15H,1-3H3,(H,28,29,30)/b16-10+. The van der Waals surface area contributed by atoms with Gasteiger partial charge >= 0.3 is 0 Å². The fourth-order valence-corrected chi connectivity index (χ4v) is 4.63. The first-order valence-electron chi connectivity index (χ1n) is 10.5. The monoisotopic (exact) mass is 454 g/mol. The lowest BCUT2D eigenvalue weighted by molar-refractivity contribution is -0.111. The third-order valence-corrected chi connectivity index (χ3v) is 6.45. The van der Waals surface area contributed by atoms with Crippen molar-refractivity contribution >= 4 is 49.7 Å². The van der Waals surface area contributed by atoms with Crippen LogP contribution in [0.1, 0.15) is 18.2 Å². The van der Waals surface area contributed by atoms with E-state index >= 15 is 0 Å². The molecule has 2 heterocycles. The van der Waals surface area contributed by atoms with Gasteiger partial charge in [0, 0.05) is 34.0 Å². The second kappa shape index (κ2) is 8.56. The maximum Gasteiger partial charge on any atom is 0.250 e. The summed E-state index contributed by atoms with van der Waals surface area (Å²) in [6, 6.07) is 18.5. The number of benzene rings is 3. The van der Waals surface area contributed by atoms with Crippen LogP contribution in [0.4, 0.5) is 5.13 Å². The van der Waals surface area contributed by atoms with Crippen LogP contribution in [0.5, 0.6) is 5.75 Å². The fourth-order valence-electron chi connectivity index (χ4n) is 3.94. The molecule has 5 nitrogen and oxygen atoms in total. The number of fused-ring (bicyclic) bond motifs is 2. The van der Waals surface area contributed by atoms with Gasteiger partial charge in [-0.3, -0.25) is 10.1 Å². The van der Waals surface area contributed by atoms with E-state index in [1.807, 2.05) is 43.5 Å². The van der Waals surface area contributed by atoms with Crippen molar-refractivity contribution in [1.82, 2.24) is 4.98 Å². The summed E-state index contributed by atoms with van der Waals surface area (Å²) in [4.78, 5) is 16.8. The maximum absolute atomic E-state index is 12.6. The van der Waals surface area contributed by atoms with Gasteiger partial charge in [-0.05, 0) is 47.9 Å². The van der Waals surface area contributed by atoms with E-state index in [2.05, 4.69) is 40.6 Å². The van der Waals surface area contributed by atoms with Gasteiger partial charge in [-0.25, -0.2) is 4.98 Å². The van der Waals surface area contributed by atoms with Crippen molar-refractivity contribution in [1.29, 1.82) is 0 Å². The Kier molecular flexibility index (Phi) is 5.44.